The van der Waals surface area contributed by atoms with Crippen molar-refractivity contribution in [2.24, 2.45) is 5.73 Å². The lowest BCUT2D eigenvalue weighted by Crippen LogP contribution is -2.33. The van der Waals surface area contributed by atoms with Gasteiger partial charge in [0.15, 0.2) is 11.5 Å². The van der Waals surface area contributed by atoms with Gasteiger partial charge in [-0.15, -0.1) is 0 Å². The van der Waals surface area contributed by atoms with Crippen LogP contribution in [0.25, 0.3) is 0 Å². The molecule has 0 aromatic heterocycles. The summed E-state index contributed by atoms with van der Waals surface area (Å²) in [5.41, 5.74) is 9.75. The van der Waals surface area contributed by atoms with E-state index >= 15 is 0 Å². The molecule has 1 atom stereocenters. The number of benzene rings is 4. The lowest BCUT2D eigenvalue weighted by Gasteiger charge is -2.22. The molecule has 0 fully saturated rings. The first-order valence-corrected chi connectivity index (χ1v) is 14.5. The molecule has 208 valence electrons. The van der Waals surface area contributed by atoms with E-state index in [0.29, 0.717) is 30.1 Å². The second-order valence-corrected chi connectivity index (χ2v) is 11.2. The van der Waals surface area contributed by atoms with Crippen LogP contribution in [0.3, 0.4) is 0 Å². The van der Waals surface area contributed by atoms with Gasteiger partial charge in [0.2, 0.25) is 10.0 Å². The number of anilines is 1. The maximum atomic E-state index is 12.9. The minimum absolute atomic E-state index is 0.0212. The quantitative estimate of drug-likeness (QED) is 0.129. The molecule has 0 saturated heterocycles. The predicted octanol–water partition coefficient (Wildman–Crippen LogP) is 4.87. The summed E-state index contributed by atoms with van der Waals surface area (Å²) in [5, 5.41) is 11.0. The van der Waals surface area contributed by atoms with Crippen molar-refractivity contribution in [2.45, 2.75) is 19.1 Å². The standard InChI is InChI=1S/C31H34N4O4S/c1-38-30-20-26(14-17-29(30)39-22-24-10-6-3-7-11-24)28(35-27-15-12-25(13-16-27)31(32)33)21-34-40(36,37)19-18-23-8-4-2-5-9-23/h2-17,20,28,34-35H,18-19,21-22H2,1H3,(H3,32,33). The van der Waals surface area contributed by atoms with Gasteiger partial charge in [0.05, 0.1) is 18.9 Å². The molecule has 8 nitrogen and oxygen atoms in total. The fourth-order valence-electron chi connectivity index (χ4n) is 4.13. The lowest BCUT2D eigenvalue weighted by atomic mass is 10.1. The van der Waals surface area contributed by atoms with Crippen molar-refractivity contribution < 1.29 is 17.9 Å². The van der Waals surface area contributed by atoms with E-state index in [4.69, 9.17) is 20.6 Å². The molecule has 5 N–H and O–H groups in total. The van der Waals surface area contributed by atoms with E-state index in [1.54, 1.807) is 19.2 Å². The van der Waals surface area contributed by atoms with Crippen LogP contribution in [0.15, 0.2) is 103 Å². The van der Waals surface area contributed by atoms with Crippen molar-refractivity contribution in [1.29, 1.82) is 5.41 Å². The molecule has 0 bridgehead atoms. The number of hydrogen-bond acceptors (Lipinski definition) is 6. The zero-order chi connectivity index (χ0) is 28.4. The highest BCUT2D eigenvalue weighted by molar-refractivity contribution is 7.89. The highest BCUT2D eigenvalue weighted by atomic mass is 32.2. The fraction of sp³-hybridized carbons (Fsp3) is 0.194. The number of nitrogens with one attached hydrogen (secondary N) is 3. The number of sulfonamides is 1. The van der Waals surface area contributed by atoms with Crippen LogP contribution in [0.2, 0.25) is 0 Å². The monoisotopic (exact) mass is 558 g/mol. The Morgan fingerprint density at radius 1 is 0.875 bits per heavy atom. The van der Waals surface area contributed by atoms with Gasteiger partial charge in [0.25, 0.3) is 0 Å². The molecule has 0 aliphatic heterocycles. The van der Waals surface area contributed by atoms with Crippen LogP contribution < -0.4 is 25.2 Å². The largest absolute Gasteiger partial charge is 0.493 e. The number of aryl methyl sites for hydroxylation is 1. The van der Waals surface area contributed by atoms with Crippen LogP contribution in [0.5, 0.6) is 11.5 Å². The molecule has 4 aromatic rings. The van der Waals surface area contributed by atoms with Gasteiger partial charge in [-0.05, 0) is 59.5 Å². The van der Waals surface area contributed by atoms with Gasteiger partial charge in [-0.3, -0.25) is 5.41 Å². The summed E-state index contributed by atoms with van der Waals surface area (Å²) in [6.07, 6.45) is 0.419. The zero-order valence-electron chi connectivity index (χ0n) is 22.3. The second kappa shape index (κ2) is 13.6. The van der Waals surface area contributed by atoms with Crippen LogP contribution >= 0.6 is 0 Å². The number of rotatable bonds is 14. The summed E-state index contributed by atoms with van der Waals surface area (Å²) in [6.45, 7) is 0.501. The van der Waals surface area contributed by atoms with E-state index in [2.05, 4.69) is 10.0 Å². The van der Waals surface area contributed by atoms with E-state index in [-0.39, 0.29) is 18.1 Å². The Morgan fingerprint density at radius 2 is 1.52 bits per heavy atom. The summed E-state index contributed by atoms with van der Waals surface area (Å²) in [6, 6.07) is 31.6. The summed E-state index contributed by atoms with van der Waals surface area (Å²) in [4.78, 5) is 0. The molecule has 0 saturated carbocycles. The molecular weight excluding hydrogens is 524 g/mol. The van der Waals surface area contributed by atoms with Crippen LogP contribution in [-0.4, -0.2) is 33.7 Å². The minimum atomic E-state index is -3.55. The van der Waals surface area contributed by atoms with Crippen molar-refractivity contribution >= 4 is 21.5 Å². The SMILES string of the molecule is COc1cc(C(CNS(=O)(=O)CCc2ccccc2)Nc2ccc(C(=N)N)cc2)ccc1OCc1ccccc1. The molecule has 0 amide bonds. The number of nitrogens with two attached hydrogens (primary N) is 1. The molecule has 4 rings (SSSR count). The van der Waals surface area contributed by atoms with E-state index in [0.717, 1.165) is 22.4 Å². The van der Waals surface area contributed by atoms with Gasteiger partial charge in [0, 0.05) is 17.8 Å². The van der Waals surface area contributed by atoms with Gasteiger partial charge in [0.1, 0.15) is 12.4 Å². The van der Waals surface area contributed by atoms with Gasteiger partial charge in [-0.2, -0.15) is 0 Å². The lowest BCUT2D eigenvalue weighted by molar-refractivity contribution is 0.284. The van der Waals surface area contributed by atoms with E-state index < -0.39 is 16.1 Å². The van der Waals surface area contributed by atoms with E-state index in [1.165, 1.54) is 0 Å². The molecule has 40 heavy (non-hydrogen) atoms. The van der Waals surface area contributed by atoms with E-state index in [9.17, 15) is 8.42 Å². The van der Waals surface area contributed by atoms with Gasteiger partial charge in [-0.25, -0.2) is 13.1 Å². The van der Waals surface area contributed by atoms with Crippen LogP contribution in [0.4, 0.5) is 5.69 Å². The number of amidine groups is 1. The van der Waals surface area contributed by atoms with Crippen molar-refractivity contribution in [3.05, 3.63) is 125 Å². The Bertz CT molecular complexity index is 1500. The molecule has 0 aliphatic carbocycles. The minimum Gasteiger partial charge on any atom is -0.493 e. The molecule has 9 heteroatoms. The van der Waals surface area contributed by atoms with Crippen LogP contribution in [0, 0.1) is 5.41 Å². The Labute approximate surface area is 235 Å². The first-order chi connectivity index (χ1) is 19.3. The Hall–Kier alpha value is -4.34. The molecule has 4 aromatic carbocycles. The molecule has 0 radical (unpaired) electrons. The number of hydrogen-bond donors (Lipinski definition) is 4. The van der Waals surface area contributed by atoms with Crippen molar-refractivity contribution in [3.8, 4) is 11.5 Å². The zero-order valence-corrected chi connectivity index (χ0v) is 23.2. The second-order valence-electron chi connectivity index (χ2n) is 9.28. The Balaban J connectivity index is 1.52. The number of nitrogen functional groups attached to an aromatic ring is 1. The third-order valence-electron chi connectivity index (χ3n) is 6.37. The van der Waals surface area contributed by atoms with Gasteiger partial charge < -0.3 is 20.5 Å². The predicted molar refractivity (Wildman–Crippen MR) is 160 cm³/mol. The number of ether oxygens (including phenoxy) is 2. The highest BCUT2D eigenvalue weighted by Crippen LogP contribution is 2.32. The maximum absolute atomic E-state index is 12.9. The van der Waals surface area contributed by atoms with Crippen LogP contribution in [0.1, 0.15) is 28.3 Å². The summed E-state index contributed by atoms with van der Waals surface area (Å²) in [5.74, 6) is 1.08. The third-order valence-corrected chi connectivity index (χ3v) is 7.72. The normalized spacial score (nSPS) is 11.9. The summed E-state index contributed by atoms with van der Waals surface area (Å²) in [7, 11) is -1.97. The summed E-state index contributed by atoms with van der Waals surface area (Å²) >= 11 is 0. The van der Waals surface area contributed by atoms with Gasteiger partial charge in [-0.1, -0.05) is 66.7 Å². The van der Waals surface area contributed by atoms with E-state index in [1.807, 2.05) is 91.0 Å². The molecule has 0 aliphatic rings. The summed E-state index contributed by atoms with van der Waals surface area (Å²) < 4.78 is 40.2. The highest BCUT2D eigenvalue weighted by Gasteiger charge is 2.19. The Kier molecular flexibility index (Phi) is 9.77. The molecule has 1 unspecified atom stereocenters. The Morgan fingerprint density at radius 3 is 2.15 bits per heavy atom. The third kappa shape index (κ3) is 8.33. The average molecular weight is 559 g/mol. The van der Waals surface area contributed by atoms with Gasteiger partial charge >= 0.3 is 0 Å². The molecule has 0 spiro atoms. The maximum Gasteiger partial charge on any atom is 0.212 e. The first-order valence-electron chi connectivity index (χ1n) is 12.9. The first kappa shape index (κ1) is 28.7. The fourth-order valence-corrected chi connectivity index (χ4v) is 5.20. The van der Waals surface area contributed by atoms with Crippen molar-refractivity contribution in [3.63, 3.8) is 0 Å². The van der Waals surface area contributed by atoms with Crippen molar-refractivity contribution in [2.75, 3.05) is 24.7 Å². The topological polar surface area (TPSA) is 127 Å². The molecule has 0 heterocycles. The number of methoxy groups -OCH3 is 1. The smallest absolute Gasteiger partial charge is 0.212 e. The van der Waals surface area contributed by atoms with Crippen molar-refractivity contribution in [1.82, 2.24) is 4.72 Å². The average Bonchev–Trinajstić information content (AvgIpc) is 2.98. The van der Waals surface area contributed by atoms with Crippen LogP contribution in [-0.2, 0) is 23.1 Å². The molecular formula is C31H34N4O4S.